The zero-order valence-corrected chi connectivity index (χ0v) is 10.3. The monoisotopic (exact) mass is 239 g/mol. The minimum atomic E-state index is 0.286. The van der Waals surface area contributed by atoms with Gasteiger partial charge in [-0.2, -0.15) is 0 Å². The summed E-state index contributed by atoms with van der Waals surface area (Å²) in [7, 11) is 0. The van der Waals surface area contributed by atoms with Crippen LogP contribution in [-0.4, -0.2) is 19.4 Å². The van der Waals surface area contributed by atoms with E-state index in [4.69, 9.17) is 5.73 Å². The fourth-order valence-corrected chi connectivity index (χ4v) is 2.09. The highest BCUT2D eigenvalue weighted by atomic mass is 15.0. The van der Waals surface area contributed by atoms with Crippen molar-refractivity contribution < 1.29 is 0 Å². The molecule has 3 aromatic rings. The molecule has 0 aromatic carbocycles. The molecular weight excluding hydrogens is 226 g/mol. The number of hydrogen-bond donors (Lipinski definition) is 1. The molecule has 2 N–H and O–H groups in total. The number of aryl methyl sites for hydroxylation is 2. The van der Waals surface area contributed by atoms with Crippen molar-refractivity contribution in [2.75, 3.05) is 5.73 Å². The summed E-state index contributed by atoms with van der Waals surface area (Å²) in [6, 6.07) is 6.02. The van der Waals surface area contributed by atoms with Crippen LogP contribution in [0.5, 0.6) is 0 Å². The van der Waals surface area contributed by atoms with E-state index in [9.17, 15) is 0 Å². The average Bonchev–Trinajstić information content (AvgIpc) is 2.68. The van der Waals surface area contributed by atoms with Crippen molar-refractivity contribution in [1.82, 2.24) is 19.4 Å². The highest BCUT2D eigenvalue weighted by molar-refractivity contribution is 5.66. The largest absolute Gasteiger partial charge is 0.368 e. The first-order chi connectivity index (χ1) is 8.66. The lowest BCUT2D eigenvalue weighted by Gasteiger charge is -2.04. The Labute approximate surface area is 104 Å². The average molecular weight is 239 g/mol. The number of nitrogens with two attached hydrogens (primary N) is 1. The third-order valence-corrected chi connectivity index (χ3v) is 2.97. The number of pyridine rings is 1. The maximum absolute atomic E-state index is 5.57. The summed E-state index contributed by atoms with van der Waals surface area (Å²) < 4.78 is 2.04. The van der Waals surface area contributed by atoms with E-state index in [-0.39, 0.29) is 5.95 Å². The summed E-state index contributed by atoms with van der Waals surface area (Å²) in [5.74, 6) is 1.13. The molecule has 0 atom stereocenters. The van der Waals surface area contributed by atoms with Gasteiger partial charge in [0.25, 0.3) is 0 Å². The SMILES string of the molecule is Cc1nc(N)ncc1-c1nc(C)c2ccccn12. The third-order valence-electron chi connectivity index (χ3n) is 2.97. The van der Waals surface area contributed by atoms with Gasteiger partial charge in [0.2, 0.25) is 5.95 Å². The van der Waals surface area contributed by atoms with E-state index in [2.05, 4.69) is 15.0 Å². The van der Waals surface area contributed by atoms with Crippen LogP contribution in [-0.2, 0) is 0 Å². The minimum absolute atomic E-state index is 0.286. The van der Waals surface area contributed by atoms with Gasteiger partial charge in [0.1, 0.15) is 5.82 Å². The van der Waals surface area contributed by atoms with E-state index in [1.54, 1.807) is 6.20 Å². The van der Waals surface area contributed by atoms with Crippen LogP contribution in [0.15, 0.2) is 30.6 Å². The van der Waals surface area contributed by atoms with E-state index in [0.717, 1.165) is 28.3 Å². The Hall–Kier alpha value is -2.43. The third kappa shape index (κ3) is 1.52. The van der Waals surface area contributed by atoms with Crippen molar-refractivity contribution in [3.63, 3.8) is 0 Å². The summed E-state index contributed by atoms with van der Waals surface area (Å²) in [5, 5.41) is 0. The fraction of sp³-hybridized carbons (Fsp3) is 0.154. The van der Waals surface area contributed by atoms with Gasteiger partial charge in [-0.1, -0.05) is 6.07 Å². The second-order valence-electron chi connectivity index (χ2n) is 4.20. The Bertz CT molecular complexity index is 729. The standard InChI is InChI=1S/C13H13N5/c1-8-10(7-15-13(14)17-8)12-16-9(2)11-5-3-4-6-18(11)12/h3-7H,1-2H3,(H2,14,15,17). The second-order valence-corrected chi connectivity index (χ2v) is 4.20. The Morgan fingerprint density at radius 3 is 2.72 bits per heavy atom. The van der Waals surface area contributed by atoms with Gasteiger partial charge in [-0.05, 0) is 26.0 Å². The lowest BCUT2D eigenvalue weighted by Crippen LogP contribution is -2.00. The first-order valence-corrected chi connectivity index (χ1v) is 5.70. The molecule has 0 fully saturated rings. The smallest absolute Gasteiger partial charge is 0.220 e. The van der Waals surface area contributed by atoms with Crippen LogP contribution in [0.2, 0.25) is 0 Å². The molecule has 0 spiro atoms. The molecule has 0 amide bonds. The first kappa shape index (κ1) is 10.7. The molecule has 90 valence electrons. The van der Waals surface area contributed by atoms with Crippen molar-refractivity contribution in [2.45, 2.75) is 13.8 Å². The van der Waals surface area contributed by atoms with Crippen LogP contribution in [0.1, 0.15) is 11.4 Å². The van der Waals surface area contributed by atoms with Gasteiger partial charge in [-0.25, -0.2) is 15.0 Å². The van der Waals surface area contributed by atoms with Crippen molar-refractivity contribution in [3.8, 4) is 11.4 Å². The van der Waals surface area contributed by atoms with Crippen LogP contribution in [0, 0.1) is 13.8 Å². The summed E-state index contributed by atoms with van der Waals surface area (Å²) >= 11 is 0. The predicted molar refractivity (Wildman–Crippen MR) is 70.1 cm³/mol. The molecule has 0 bridgehead atoms. The van der Waals surface area contributed by atoms with Gasteiger partial charge >= 0.3 is 0 Å². The normalized spacial score (nSPS) is 11.0. The van der Waals surface area contributed by atoms with Gasteiger partial charge in [0.15, 0.2) is 0 Å². The topological polar surface area (TPSA) is 69.1 Å². The molecule has 18 heavy (non-hydrogen) atoms. The Morgan fingerprint density at radius 1 is 1.11 bits per heavy atom. The number of hydrogen-bond acceptors (Lipinski definition) is 4. The fourth-order valence-electron chi connectivity index (χ4n) is 2.09. The van der Waals surface area contributed by atoms with Crippen LogP contribution >= 0.6 is 0 Å². The van der Waals surface area contributed by atoms with Gasteiger partial charge < -0.3 is 5.73 Å². The van der Waals surface area contributed by atoms with Crippen LogP contribution in [0.4, 0.5) is 5.95 Å². The number of nitrogen functional groups attached to an aromatic ring is 1. The molecule has 5 nitrogen and oxygen atoms in total. The number of imidazole rings is 1. The Morgan fingerprint density at radius 2 is 1.94 bits per heavy atom. The minimum Gasteiger partial charge on any atom is -0.368 e. The summed E-state index contributed by atoms with van der Waals surface area (Å²) in [5.41, 5.74) is 9.38. The first-order valence-electron chi connectivity index (χ1n) is 5.70. The van der Waals surface area contributed by atoms with E-state index < -0.39 is 0 Å². The van der Waals surface area contributed by atoms with Gasteiger partial charge in [0, 0.05) is 12.4 Å². The molecule has 0 aliphatic carbocycles. The number of rotatable bonds is 1. The Kier molecular flexibility index (Phi) is 2.26. The van der Waals surface area contributed by atoms with Crippen molar-refractivity contribution in [1.29, 1.82) is 0 Å². The van der Waals surface area contributed by atoms with Crippen LogP contribution in [0.25, 0.3) is 16.9 Å². The predicted octanol–water partition coefficient (Wildman–Crippen LogP) is 1.99. The molecule has 3 heterocycles. The molecule has 0 saturated carbocycles. The van der Waals surface area contributed by atoms with Gasteiger partial charge in [-0.15, -0.1) is 0 Å². The van der Waals surface area contributed by atoms with Gasteiger partial charge in [0.05, 0.1) is 22.5 Å². The zero-order valence-electron chi connectivity index (χ0n) is 10.3. The number of fused-ring (bicyclic) bond motifs is 1. The van der Waals surface area contributed by atoms with E-state index in [1.807, 2.05) is 42.6 Å². The quantitative estimate of drug-likeness (QED) is 0.705. The second kappa shape index (κ2) is 3.80. The van der Waals surface area contributed by atoms with Crippen LogP contribution in [0.3, 0.4) is 0 Å². The summed E-state index contributed by atoms with van der Waals surface area (Å²) in [6.07, 6.45) is 3.71. The van der Waals surface area contributed by atoms with Crippen LogP contribution < -0.4 is 5.73 Å². The molecular formula is C13H13N5. The number of nitrogens with zero attached hydrogens (tertiary/aromatic N) is 4. The van der Waals surface area contributed by atoms with E-state index in [1.165, 1.54) is 0 Å². The molecule has 0 aliphatic rings. The van der Waals surface area contributed by atoms with E-state index >= 15 is 0 Å². The number of aromatic nitrogens is 4. The van der Waals surface area contributed by atoms with Crippen molar-refractivity contribution in [2.24, 2.45) is 0 Å². The highest BCUT2D eigenvalue weighted by Crippen LogP contribution is 2.23. The highest BCUT2D eigenvalue weighted by Gasteiger charge is 2.12. The Balaban J connectivity index is 2.32. The molecule has 0 saturated heterocycles. The van der Waals surface area contributed by atoms with Crippen molar-refractivity contribution >= 4 is 11.5 Å². The zero-order chi connectivity index (χ0) is 12.7. The maximum Gasteiger partial charge on any atom is 0.220 e. The van der Waals surface area contributed by atoms with Crippen molar-refractivity contribution in [3.05, 3.63) is 42.0 Å². The molecule has 5 heteroatoms. The maximum atomic E-state index is 5.57. The van der Waals surface area contributed by atoms with Gasteiger partial charge in [-0.3, -0.25) is 4.40 Å². The molecule has 3 rings (SSSR count). The lowest BCUT2D eigenvalue weighted by molar-refractivity contribution is 1.08. The van der Waals surface area contributed by atoms with E-state index in [0.29, 0.717) is 0 Å². The summed E-state index contributed by atoms with van der Waals surface area (Å²) in [6.45, 7) is 3.90. The summed E-state index contributed by atoms with van der Waals surface area (Å²) in [4.78, 5) is 12.8. The lowest BCUT2D eigenvalue weighted by atomic mass is 10.2. The molecule has 0 aliphatic heterocycles. The molecule has 3 aromatic heterocycles. The molecule has 0 unspecified atom stereocenters. The number of anilines is 1. The molecule has 0 radical (unpaired) electrons.